The number of esters is 3. The maximum atomic E-state index is 12.6. The van der Waals surface area contributed by atoms with Crippen LogP contribution in [0.4, 0.5) is 5.69 Å². The number of nitrogens with zero attached hydrogens (tertiary/aromatic N) is 1. The smallest absolute Gasteiger partial charge is 0.407 e. The first kappa shape index (κ1) is 22.2. The summed E-state index contributed by atoms with van der Waals surface area (Å²) in [6.45, 7) is 6.13. The quantitative estimate of drug-likeness (QED) is 0.155. The Morgan fingerprint density at radius 2 is 1.56 bits per heavy atom. The molecular formula is C17H24N2O8. The van der Waals surface area contributed by atoms with Crippen molar-refractivity contribution in [2.24, 2.45) is 0 Å². The lowest BCUT2D eigenvalue weighted by Crippen LogP contribution is -2.58. The van der Waals surface area contributed by atoms with Gasteiger partial charge in [-0.05, 0) is 33.8 Å². The van der Waals surface area contributed by atoms with Gasteiger partial charge in [0.15, 0.2) is 6.20 Å². The van der Waals surface area contributed by atoms with E-state index in [0.29, 0.717) is 0 Å². The number of aromatic nitrogens is 1. The van der Waals surface area contributed by atoms with E-state index in [1.54, 1.807) is 27.7 Å². The van der Waals surface area contributed by atoms with Gasteiger partial charge in [-0.15, -0.1) is 0 Å². The highest BCUT2D eigenvalue weighted by atomic mass is 16.6. The van der Waals surface area contributed by atoms with Crippen molar-refractivity contribution in [2.45, 2.75) is 33.4 Å². The third-order valence-corrected chi connectivity index (χ3v) is 3.23. The molecule has 10 nitrogen and oxygen atoms in total. The zero-order valence-corrected chi connectivity index (χ0v) is 15.8. The minimum atomic E-state index is -2.39. The number of hydrogen-bond acceptors (Lipinski definition) is 9. The molecule has 0 aliphatic heterocycles. The summed E-state index contributed by atoms with van der Waals surface area (Å²) in [6.07, 6.45) is 1.08. The molecule has 10 heteroatoms. The van der Waals surface area contributed by atoms with E-state index in [9.17, 15) is 19.6 Å². The van der Waals surface area contributed by atoms with E-state index in [2.05, 4.69) is 5.32 Å². The molecule has 0 saturated carbocycles. The van der Waals surface area contributed by atoms with E-state index in [-0.39, 0.29) is 36.8 Å². The molecule has 150 valence electrons. The molecule has 0 aliphatic carbocycles. The highest BCUT2D eigenvalue weighted by Crippen LogP contribution is 2.23. The lowest BCUT2D eigenvalue weighted by Gasteiger charge is -2.30. The molecule has 27 heavy (non-hydrogen) atoms. The largest absolute Gasteiger partial charge is 0.618 e. The first-order valence-corrected chi connectivity index (χ1v) is 8.53. The first-order valence-electron chi connectivity index (χ1n) is 8.53. The summed E-state index contributed by atoms with van der Waals surface area (Å²) in [7, 11) is 0. The standard InChI is InChI=1S/C17H24N2O8/c1-5-24-14(20)13-12(10-9-11-19(13)23)18-17(27-8-4,15(21)25-6-2)16(22)26-7-3/h9-11,18H,5-8H2,1-4H3. The van der Waals surface area contributed by atoms with Crippen LogP contribution >= 0.6 is 0 Å². The van der Waals surface area contributed by atoms with Crippen molar-refractivity contribution in [1.82, 2.24) is 0 Å². The maximum Gasteiger partial charge on any atom is 0.407 e. The Morgan fingerprint density at radius 1 is 1.00 bits per heavy atom. The summed E-state index contributed by atoms with van der Waals surface area (Å²) in [5, 5.41) is 14.6. The Kier molecular flexibility index (Phi) is 8.46. The van der Waals surface area contributed by atoms with Gasteiger partial charge >= 0.3 is 29.3 Å². The van der Waals surface area contributed by atoms with Crippen LogP contribution in [0.25, 0.3) is 0 Å². The summed E-state index contributed by atoms with van der Waals surface area (Å²) >= 11 is 0. The maximum absolute atomic E-state index is 12.6. The third kappa shape index (κ3) is 5.07. The van der Waals surface area contributed by atoms with Gasteiger partial charge in [0.25, 0.3) is 0 Å². The van der Waals surface area contributed by atoms with Gasteiger partial charge in [-0.2, -0.15) is 4.73 Å². The lowest BCUT2D eigenvalue weighted by molar-refractivity contribution is -0.607. The Morgan fingerprint density at radius 3 is 2.04 bits per heavy atom. The molecular weight excluding hydrogens is 360 g/mol. The highest BCUT2D eigenvalue weighted by Gasteiger charge is 2.52. The van der Waals surface area contributed by atoms with Crippen molar-refractivity contribution in [3.05, 3.63) is 29.2 Å². The molecule has 1 rings (SSSR count). The van der Waals surface area contributed by atoms with E-state index in [0.717, 1.165) is 6.20 Å². The molecule has 0 aromatic carbocycles. The summed E-state index contributed by atoms with van der Waals surface area (Å²) in [4.78, 5) is 37.3. The lowest BCUT2D eigenvalue weighted by atomic mass is 10.1. The molecule has 0 saturated heterocycles. The molecule has 1 heterocycles. The molecule has 1 aromatic rings. The van der Waals surface area contributed by atoms with Crippen LogP contribution in [-0.2, 0) is 28.5 Å². The third-order valence-electron chi connectivity index (χ3n) is 3.23. The Labute approximate surface area is 156 Å². The van der Waals surface area contributed by atoms with Crippen molar-refractivity contribution in [3.63, 3.8) is 0 Å². The van der Waals surface area contributed by atoms with Crippen LogP contribution in [-0.4, -0.2) is 50.1 Å². The average molecular weight is 384 g/mol. The average Bonchev–Trinajstić information content (AvgIpc) is 2.61. The fourth-order valence-corrected chi connectivity index (χ4v) is 2.20. The van der Waals surface area contributed by atoms with Crippen molar-refractivity contribution >= 4 is 23.6 Å². The Hall–Kier alpha value is -2.88. The van der Waals surface area contributed by atoms with Gasteiger partial charge in [0, 0.05) is 12.7 Å². The van der Waals surface area contributed by atoms with Crippen molar-refractivity contribution in [1.29, 1.82) is 0 Å². The number of nitrogens with one attached hydrogen (secondary N) is 1. The molecule has 0 radical (unpaired) electrons. The normalized spacial score (nSPS) is 10.8. The molecule has 0 fully saturated rings. The van der Waals surface area contributed by atoms with Crippen LogP contribution in [0.15, 0.2) is 18.3 Å². The molecule has 0 spiro atoms. The van der Waals surface area contributed by atoms with Gasteiger partial charge in [0.05, 0.1) is 19.8 Å². The van der Waals surface area contributed by atoms with E-state index >= 15 is 0 Å². The van der Waals surface area contributed by atoms with Crippen molar-refractivity contribution in [3.8, 4) is 0 Å². The van der Waals surface area contributed by atoms with Gasteiger partial charge in [0.2, 0.25) is 0 Å². The minimum Gasteiger partial charge on any atom is -0.618 e. The predicted molar refractivity (Wildman–Crippen MR) is 92.6 cm³/mol. The summed E-state index contributed by atoms with van der Waals surface area (Å²) < 4.78 is 20.4. The van der Waals surface area contributed by atoms with Crippen molar-refractivity contribution in [2.75, 3.05) is 31.7 Å². The fourth-order valence-electron chi connectivity index (χ4n) is 2.20. The second kappa shape index (κ2) is 10.3. The van der Waals surface area contributed by atoms with Gasteiger partial charge in [-0.25, -0.2) is 14.4 Å². The van der Waals surface area contributed by atoms with Crippen LogP contribution in [0.1, 0.15) is 38.2 Å². The Bertz CT molecular complexity index is 659. The van der Waals surface area contributed by atoms with Gasteiger partial charge in [-0.1, -0.05) is 0 Å². The number of ether oxygens (including phenoxy) is 4. The molecule has 0 unspecified atom stereocenters. The molecule has 1 aromatic heterocycles. The van der Waals surface area contributed by atoms with Crippen molar-refractivity contribution < 1.29 is 38.1 Å². The SMILES string of the molecule is CCOC(=O)c1c(NC(OCC)(C(=O)OCC)C(=O)OCC)ccc[n+]1[O-]. The number of anilines is 1. The monoisotopic (exact) mass is 384 g/mol. The van der Waals surface area contributed by atoms with Gasteiger partial charge in [0.1, 0.15) is 5.69 Å². The number of pyridine rings is 1. The zero-order valence-electron chi connectivity index (χ0n) is 15.8. The van der Waals surface area contributed by atoms with Crippen LogP contribution in [0.3, 0.4) is 0 Å². The Balaban J connectivity index is 3.49. The van der Waals surface area contributed by atoms with E-state index in [4.69, 9.17) is 18.9 Å². The van der Waals surface area contributed by atoms with Crippen LogP contribution in [0, 0.1) is 5.21 Å². The number of carbonyl (C=O) groups is 3. The minimum absolute atomic E-state index is 0.0273. The van der Waals surface area contributed by atoms with E-state index in [1.165, 1.54) is 12.1 Å². The second-order valence-corrected chi connectivity index (χ2v) is 5.00. The molecule has 1 N–H and O–H groups in total. The number of carbonyl (C=O) groups excluding carboxylic acids is 3. The zero-order chi connectivity index (χ0) is 20.4. The first-order chi connectivity index (χ1) is 12.9. The molecule has 0 bridgehead atoms. The summed E-state index contributed by atoms with van der Waals surface area (Å²) in [6, 6.07) is 2.65. The second-order valence-electron chi connectivity index (χ2n) is 5.00. The molecule has 0 aliphatic rings. The van der Waals surface area contributed by atoms with Gasteiger partial charge in [-0.3, -0.25) is 0 Å². The van der Waals surface area contributed by atoms with E-state index in [1.807, 2.05) is 0 Å². The topological polar surface area (TPSA) is 127 Å². The fraction of sp³-hybridized carbons (Fsp3) is 0.529. The van der Waals surface area contributed by atoms with Crippen LogP contribution in [0.2, 0.25) is 0 Å². The van der Waals surface area contributed by atoms with Crippen LogP contribution in [0.5, 0.6) is 0 Å². The molecule has 0 atom stereocenters. The van der Waals surface area contributed by atoms with Crippen LogP contribution < -0.4 is 10.0 Å². The summed E-state index contributed by atoms with van der Waals surface area (Å²) in [5.41, 5.74) is -2.99. The molecule has 0 amide bonds. The summed E-state index contributed by atoms with van der Waals surface area (Å²) in [5.74, 6) is -3.07. The number of hydrogen-bond donors (Lipinski definition) is 1. The predicted octanol–water partition coefficient (Wildman–Crippen LogP) is 0.768. The van der Waals surface area contributed by atoms with Gasteiger partial charge < -0.3 is 29.5 Å². The van der Waals surface area contributed by atoms with E-state index < -0.39 is 29.3 Å². The number of rotatable bonds is 10. The highest BCUT2D eigenvalue weighted by molar-refractivity contribution is 6.07.